The van der Waals surface area contributed by atoms with E-state index in [-0.39, 0.29) is 35.9 Å². The molecule has 8 heterocycles. The zero-order chi connectivity index (χ0) is 46.6. The molecular weight excluding hydrogens is 888 g/mol. The molecule has 0 saturated carbocycles. The number of likely N-dealkylation sites (tertiary alicyclic amines) is 1. The number of hydrogen-bond donors (Lipinski definition) is 2. The highest BCUT2D eigenvalue weighted by molar-refractivity contribution is 7.13. The van der Waals surface area contributed by atoms with Crippen LogP contribution in [-0.2, 0) is 40.9 Å². The first-order valence-corrected chi connectivity index (χ1v) is 24.3. The lowest BCUT2D eigenvalue weighted by molar-refractivity contribution is -0.132. The second-order valence-corrected chi connectivity index (χ2v) is 19.2. The van der Waals surface area contributed by atoms with E-state index in [0.717, 1.165) is 79.6 Å². The van der Waals surface area contributed by atoms with Crippen LogP contribution in [0.15, 0.2) is 72.5 Å². The molecule has 19 heteroatoms. The van der Waals surface area contributed by atoms with E-state index >= 15 is 4.39 Å². The maximum Gasteiger partial charge on any atom is 0.329 e. The van der Waals surface area contributed by atoms with E-state index in [9.17, 15) is 24.0 Å². The molecule has 6 amide bonds. The number of halogens is 1. The van der Waals surface area contributed by atoms with Gasteiger partial charge in [0.2, 0.25) is 11.8 Å². The van der Waals surface area contributed by atoms with Crippen molar-refractivity contribution in [2.45, 2.75) is 63.6 Å². The molecule has 3 aromatic heterocycles. The van der Waals surface area contributed by atoms with Crippen molar-refractivity contribution >= 4 is 68.5 Å². The Hall–Kier alpha value is -6.99. The van der Waals surface area contributed by atoms with Crippen LogP contribution in [0.5, 0.6) is 0 Å². The van der Waals surface area contributed by atoms with Crippen molar-refractivity contribution in [2.24, 2.45) is 7.05 Å². The van der Waals surface area contributed by atoms with E-state index in [1.165, 1.54) is 32.8 Å². The molecule has 0 bridgehead atoms. The lowest BCUT2D eigenvalue weighted by Crippen LogP contribution is -2.51. The fraction of sp³-hybridized carbons (Fsp3) is 0.388. The van der Waals surface area contributed by atoms with Gasteiger partial charge in [0.25, 0.3) is 11.8 Å². The summed E-state index contributed by atoms with van der Waals surface area (Å²) in [4.78, 5) is 84.2. The van der Waals surface area contributed by atoms with Crippen LogP contribution in [0, 0.1) is 5.82 Å². The molecule has 3 aromatic carbocycles. The maximum atomic E-state index is 16.0. The minimum atomic E-state index is -1.06. The Morgan fingerprint density at radius 3 is 2.53 bits per heavy atom. The van der Waals surface area contributed by atoms with E-state index in [2.05, 4.69) is 47.6 Å². The largest absolute Gasteiger partial charge is 0.368 e. The molecule has 11 rings (SSSR count). The number of carbonyl (C=O) groups is 5. The number of nitrogens with one attached hydrogen (secondary N) is 2. The van der Waals surface area contributed by atoms with Gasteiger partial charge in [0.1, 0.15) is 5.82 Å². The Morgan fingerprint density at radius 1 is 0.897 bits per heavy atom. The highest BCUT2D eigenvalue weighted by Gasteiger charge is 2.42. The molecular formula is C49H51FN12O5S. The number of carbonyl (C=O) groups excluding carboxylic acids is 5. The van der Waals surface area contributed by atoms with Crippen molar-refractivity contribution in [2.75, 3.05) is 67.5 Å². The van der Waals surface area contributed by atoms with E-state index in [1.54, 1.807) is 28.7 Å². The number of hydrogen-bond acceptors (Lipinski definition) is 11. The molecule has 2 atom stereocenters. The van der Waals surface area contributed by atoms with Crippen LogP contribution >= 0.6 is 11.3 Å². The predicted molar refractivity (Wildman–Crippen MR) is 254 cm³/mol. The van der Waals surface area contributed by atoms with Crippen molar-refractivity contribution < 1.29 is 28.4 Å². The highest BCUT2D eigenvalue weighted by atomic mass is 32.1. The van der Waals surface area contributed by atoms with Gasteiger partial charge in [-0.2, -0.15) is 5.10 Å². The molecule has 5 aliphatic rings. The van der Waals surface area contributed by atoms with E-state index < -0.39 is 29.7 Å². The molecule has 6 aromatic rings. The van der Waals surface area contributed by atoms with E-state index in [4.69, 9.17) is 0 Å². The Kier molecular flexibility index (Phi) is 11.5. The number of urea groups is 1. The SMILES string of the molecule is Cn1nc(N2CCC(=O)NC2=O)c2ccc(C3CCCN(CC(=O)N4CCN(c5ccc(-c6cc(F)c7c(c6)C(=O)N(C(C(=O)Nc6nccs6)c6ncn8c6CCC8)C7)cc5)CC4)CC3)cc21. The number of aryl methyl sites for hydroxylation is 2. The molecule has 3 saturated heterocycles. The number of amides is 6. The molecule has 0 aliphatic carbocycles. The normalized spacial score (nSPS) is 19.3. The fourth-order valence-electron chi connectivity index (χ4n) is 10.7. The average Bonchev–Trinajstić information content (AvgIpc) is 4.19. The summed E-state index contributed by atoms with van der Waals surface area (Å²) in [5, 5.41) is 12.9. The van der Waals surface area contributed by atoms with Gasteiger partial charge in [-0.05, 0) is 104 Å². The number of rotatable bonds is 10. The summed E-state index contributed by atoms with van der Waals surface area (Å²) < 4.78 is 19.8. The number of nitrogens with zero attached hydrogens (tertiary/aromatic N) is 10. The van der Waals surface area contributed by atoms with Gasteiger partial charge in [-0.1, -0.05) is 18.2 Å². The third kappa shape index (κ3) is 8.16. The lowest BCUT2D eigenvalue weighted by atomic mass is 9.91. The second kappa shape index (κ2) is 17.9. The van der Waals surface area contributed by atoms with Crippen molar-refractivity contribution in [3.05, 3.63) is 106 Å². The maximum absolute atomic E-state index is 16.0. The fourth-order valence-corrected chi connectivity index (χ4v) is 11.2. The van der Waals surface area contributed by atoms with Crippen LogP contribution in [0.2, 0.25) is 0 Å². The van der Waals surface area contributed by atoms with Gasteiger partial charge in [0.05, 0.1) is 30.6 Å². The lowest BCUT2D eigenvalue weighted by Gasteiger charge is -2.37. The van der Waals surface area contributed by atoms with Crippen LogP contribution in [0.4, 0.5) is 25.8 Å². The quantitative estimate of drug-likeness (QED) is 0.174. The number of imide groups is 1. The standard InChI is InChI=1S/C49H51FN12O5S/c1-56-40-26-32(8-11-35(40)45(55-56)61-18-13-41(63)53-49(61)67)30-4-2-15-57(17-12-30)28-42(64)59-21-19-58(20-22-59)34-9-6-31(7-10-34)33-24-36-37(38(50)25-33)27-62(47(36)66)44(46(65)54-48-51-14-23-68-48)43-39-5-3-16-60(39)29-52-43/h6-11,14,23-26,29-30,44H,2-5,12-13,15-22,27-28H2,1H3,(H,51,54,65)(H,53,63,67). The molecule has 2 unspecified atom stereocenters. The predicted octanol–water partition coefficient (Wildman–Crippen LogP) is 5.68. The van der Waals surface area contributed by atoms with Crippen LogP contribution in [-0.4, -0.2) is 121 Å². The van der Waals surface area contributed by atoms with Gasteiger partial charge in [-0.3, -0.25) is 44.3 Å². The van der Waals surface area contributed by atoms with Gasteiger partial charge in [-0.25, -0.2) is 19.2 Å². The first kappa shape index (κ1) is 43.6. The number of aromatic nitrogens is 5. The number of fused-ring (bicyclic) bond motifs is 3. The zero-order valence-corrected chi connectivity index (χ0v) is 38.5. The molecule has 2 N–H and O–H groups in total. The molecule has 0 spiro atoms. The number of benzene rings is 3. The highest BCUT2D eigenvalue weighted by Crippen LogP contribution is 2.39. The summed E-state index contributed by atoms with van der Waals surface area (Å²) in [5.41, 5.74) is 6.39. The number of thiazole rings is 1. The van der Waals surface area contributed by atoms with Crippen LogP contribution in [0.25, 0.3) is 22.0 Å². The van der Waals surface area contributed by atoms with Gasteiger partial charge >= 0.3 is 6.03 Å². The monoisotopic (exact) mass is 938 g/mol. The number of imidazole rings is 1. The zero-order valence-electron chi connectivity index (χ0n) is 37.7. The number of anilines is 3. The molecule has 5 aliphatic heterocycles. The molecule has 0 radical (unpaired) electrons. The minimum absolute atomic E-state index is 0.0591. The van der Waals surface area contributed by atoms with Crippen molar-refractivity contribution in [3.8, 4) is 11.1 Å². The van der Waals surface area contributed by atoms with E-state index in [0.29, 0.717) is 67.4 Å². The van der Waals surface area contributed by atoms with Crippen LogP contribution in [0.1, 0.15) is 76.9 Å². The smallest absolute Gasteiger partial charge is 0.329 e. The van der Waals surface area contributed by atoms with E-state index in [1.807, 2.05) is 46.8 Å². The van der Waals surface area contributed by atoms with Crippen molar-refractivity contribution in [1.29, 1.82) is 0 Å². The summed E-state index contributed by atoms with van der Waals surface area (Å²) in [6, 6.07) is 15.9. The molecule has 17 nitrogen and oxygen atoms in total. The second-order valence-electron chi connectivity index (χ2n) is 18.3. The topological polar surface area (TPSA) is 174 Å². The first-order chi connectivity index (χ1) is 33.1. The summed E-state index contributed by atoms with van der Waals surface area (Å²) >= 11 is 1.28. The Balaban J connectivity index is 0.697. The third-order valence-electron chi connectivity index (χ3n) is 14.3. The van der Waals surface area contributed by atoms with Gasteiger partial charge in [0.15, 0.2) is 17.0 Å². The molecule has 350 valence electrons. The van der Waals surface area contributed by atoms with Gasteiger partial charge < -0.3 is 19.3 Å². The Morgan fingerprint density at radius 2 is 1.74 bits per heavy atom. The molecule has 3 fully saturated rings. The molecule has 68 heavy (non-hydrogen) atoms. The minimum Gasteiger partial charge on any atom is -0.368 e. The third-order valence-corrected chi connectivity index (χ3v) is 15.0. The Bertz CT molecular complexity index is 2960. The summed E-state index contributed by atoms with van der Waals surface area (Å²) in [6.07, 6.45) is 8.11. The first-order valence-electron chi connectivity index (χ1n) is 23.4. The van der Waals surface area contributed by atoms with Crippen molar-refractivity contribution in [1.82, 2.24) is 44.3 Å². The summed E-state index contributed by atoms with van der Waals surface area (Å²) in [5.74, 6) is -0.623. The van der Waals surface area contributed by atoms with Crippen LogP contribution < -0.4 is 20.4 Å². The number of piperazine rings is 1. The summed E-state index contributed by atoms with van der Waals surface area (Å²) in [6.45, 7) is 5.67. The van der Waals surface area contributed by atoms with Crippen LogP contribution in [0.3, 0.4) is 0 Å². The van der Waals surface area contributed by atoms with Gasteiger partial charge in [0, 0.05) is 92.2 Å². The van der Waals surface area contributed by atoms with Crippen molar-refractivity contribution in [3.63, 3.8) is 0 Å². The summed E-state index contributed by atoms with van der Waals surface area (Å²) in [7, 11) is 1.87. The Labute approximate surface area is 395 Å². The van der Waals surface area contributed by atoms with Gasteiger partial charge in [-0.15, -0.1) is 11.3 Å². The average molecular weight is 939 g/mol.